The highest BCUT2D eigenvalue weighted by atomic mass is 35.5. The Morgan fingerprint density at radius 2 is 2.27 bits per heavy atom. The molecule has 2 N–H and O–H groups in total. The predicted molar refractivity (Wildman–Crippen MR) is 67.9 cm³/mol. The number of hydrogen-bond acceptors (Lipinski definition) is 3. The largest absolute Gasteiger partial charge is 0.492 e. The van der Waals surface area contributed by atoms with Gasteiger partial charge in [0.25, 0.3) is 0 Å². The Kier molecular flexibility index (Phi) is 5.29. The van der Waals surface area contributed by atoms with Crippen LogP contribution in [0.5, 0.6) is 5.75 Å². The maximum atomic E-state index is 5.91. The number of halogens is 1. The molecule has 0 saturated heterocycles. The molecular formula is C11H16ClNOS. The Balaban J connectivity index is 2.77. The lowest BCUT2D eigenvalue weighted by Crippen LogP contribution is -2.09. The number of thioether (sulfide) groups is 1. The van der Waals surface area contributed by atoms with E-state index in [2.05, 4.69) is 6.26 Å². The number of rotatable bonds is 5. The average Bonchev–Trinajstić information content (AvgIpc) is 2.20. The van der Waals surface area contributed by atoms with Gasteiger partial charge in [0.1, 0.15) is 5.75 Å². The van der Waals surface area contributed by atoms with E-state index in [1.165, 1.54) is 0 Å². The zero-order valence-electron chi connectivity index (χ0n) is 9.00. The second kappa shape index (κ2) is 6.26. The zero-order chi connectivity index (χ0) is 11.3. The van der Waals surface area contributed by atoms with Gasteiger partial charge in [0.2, 0.25) is 0 Å². The van der Waals surface area contributed by atoms with Crippen LogP contribution in [-0.2, 0) is 0 Å². The fraction of sp³-hybridized carbons (Fsp3) is 0.455. The number of nitrogens with two attached hydrogens (primary N) is 1. The first-order valence-corrected chi connectivity index (χ1v) is 6.59. The third kappa shape index (κ3) is 3.93. The summed E-state index contributed by atoms with van der Waals surface area (Å²) in [7, 11) is 0. The van der Waals surface area contributed by atoms with Crippen LogP contribution in [0.3, 0.4) is 0 Å². The number of benzene rings is 1. The highest BCUT2D eigenvalue weighted by Crippen LogP contribution is 2.27. The van der Waals surface area contributed by atoms with Crippen LogP contribution in [0.15, 0.2) is 18.2 Å². The van der Waals surface area contributed by atoms with Gasteiger partial charge in [-0.05, 0) is 31.4 Å². The molecule has 1 aromatic rings. The highest BCUT2D eigenvalue weighted by molar-refractivity contribution is 7.98. The molecule has 0 aromatic heterocycles. The van der Waals surface area contributed by atoms with Crippen molar-refractivity contribution in [3.63, 3.8) is 0 Å². The first-order chi connectivity index (χ1) is 7.15. The van der Waals surface area contributed by atoms with Crippen molar-refractivity contribution in [3.8, 4) is 5.75 Å². The second-order valence-electron chi connectivity index (χ2n) is 3.31. The van der Waals surface area contributed by atoms with Crippen molar-refractivity contribution in [2.45, 2.75) is 13.0 Å². The first kappa shape index (κ1) is 12.7. The van der Waals surface area contributed by atoms with E-state index in [1.807, 2.05) is 25.1 Å². The minimum Gasteiger partial charge on any atom is -0.492 e. The minimum absolute atomic E-state index is 0.0621. The Bertz CT molecular complexity index is 317. The molecule has 1 atom stereocenters. The summed E-state index contributed by atoms with van der Waals surface area (Å²) in [4.78, 5) is 0. The topological polar surface area (TPSA) is 35.2 Å². The summed E-state index contributed by atoms with van der Waals surface area (Å²) in [5, 5.41) is 0.694. The van der Waals surface area contributed by atoms with Gasteiger partial charge in [0.15, 0.2) is 0 Å². The molecule has 0 amide bonds. The van der Waals surface area contributed by atoms with Crippen LogP contribution in [0.1, 0.15) is 18.5 Å². The van der Waals surface area contributed by atoms with Crippen molar-refractivity contribution in [1.82, 2.24) is 0 Å². The Hall–Kier alpha value is -0.380. The van der Waals surface area contributed by atoms with E-state index < -0.39 is 0 Å². The molecule has 0 aliphatic heterocycles. The Morgan fingerprint density at radius 1 is 1.53 bits per heavy atom. The summed E-state index contributed by atoms with van der Waals surface area (Å²) in [6.07, 6.45) is 2.05. The molecule has 0 saturated carbocycles. The minimum atomic E-state index is -0.0621. The van der Waals surface area contributed by atoms with Crippen LogP contribution in [0.4, 0.5) is 0 Å². The van der Waals surface area contributed by atoms with Gasteiger partial charge in [-0.1, -0.05) is 11.6 Å². The molecule has 0 unspecified atom stereocenters. The highest BCUT2D eigenvalue weighted by Gasteiger charge is 2.08. The van der Waals surface area contributed by atoms with Crippen LogP contribution in [-0.4, -0.2) is 18.6 Å². The van der Waals surface area contributed by atoms with Crippen molar-refractivity contribution >= 4 is 23.4 Å². The van der Waals surface area contributed by atoms with Crippen molar-refractivity contribution in [2.75, 3.05) is 18.6 Å². The monoisotopic (exact) mass is 245 g/mol. The summed E-state index contributed by atoms with van der Waals surface area (Å²) in [6, 6.07) is 5.50. The van der Waals surface area contributed by atoms with E-state index in [-0.39, 0.29) is 6.04 Å². The van der Waals surface area contributed by atoms with E-state index in [9.17, 15) is 0 Å². The number of ether oxygens (including phenoxy) is 1. The molecule has 0 spiro atoms. The Labute approximate surface area is 100 Å². The molecule has 0 aliphatic rings. The van der Waals surface area contributed by atoms with Crippen LogP contribution < -0.4 is 10.5 Å². The van der Waals surface area contributed by atoms with Crippen LogP contribution >= 0.6 is 23.4 Å². The normalized spacial score (nSPS) is 12.5. The third-order valence-corrected chi connectivity index (χ3v) is 2.82. The van der Waals surface area contributed by atoms with Gasteiger partial charge >= 0.3 is 0 Å². The smallest absolute Gasteiger partial charge is 0.124 e. The van der Waals surface area contributed by atoms with Crippen LogP contribution in [0, 0.1) is 0 Å². The molecule has 2 nitrogen and oxygen atoms in total. The van der Waals surface area contributed by atoms with Crippen molar-refractivity contribution in [2.24, 2.45) is 5.73 Å². The fourth-order valence-electron chi connectivity index (χ4n) is 1.24. The lowest BCUT2D eigenvalue weighted by Gasteiger charge is -2.14. The molecule has 0 aliphatic carbocycles. The summed E-state index contributed by atoms with van der Waals surface area (Å²) in [5.41, 5.74) is 6.81. The van der Waals surface area contributed by atoms with E-state index in [4.69, 9.17) is 22.1 Å². The van der Waals surface area contributed by atoms with E-state index >= 15 is 0 Å². The maximum Gasteiger partial charge on any atom is 0.124 e. The van der Waals surface area contributed by atoms with Gasteiger partial charge in [-0.3, -0.25) is 0 Å². The van der Waals surface area contributed by atoms with Crippen molar-refractivity contribution in [3.05, 3.63) is 28.8 Å². The summed E-state index contributed by atoms with van der Waals surface area (Å²) in [6.45, 7) is 2.62. The van der Waals surface area contributed by atoms with Gasteiger partial charge < -0.3 is 10.5 Å². The van der Waals surface area contributed by atoms with E-state index in [0.29, 0.717) is 11.6 Å². The number of hydrogen-bond donors (Lipinski definition) is 1. The van der Waals surface area contributed by atoms with Crippen LogP contribution in [0.25, 0.3) is 0 Å². The average molecular weight is 246 g/mol. The van der Waals surface area contributed by atoms with Crippen LogP contribution in [0.2, 0.25) is 5.02 Å². The lowest BCUT2D eigenvalue weighted by molar-refractivity contribution is 0.338. The second-order valence-corrected chi connectivity index (χ2v) is 4.73. The molecule has 0 heterocycles. The zero-order valence-corrected chi connectivity index (χ0v) is 10.6. The van der Waals surface area contributed by atoms with Gasteiger partial charge in [-0.2, -0.15) is 11.8 Å². The summed E-state index contributed by atoms with van der Waals surface area (Å²) in [5.74, 6) is 1.81. The van der Waals surface area contributed by atoms with Gasteiger partial charge in [0, 0.05) is 22.4 Å². The first-order valence-electron chi connectivity index (χ1n) is 4.82. The van der Waals surface area contributed by atoms with Crippen molar-refractivity contribution in [1.29, 1.82) is 0 Å². The summed E-state index contributed by atoms with van der Waals surface area (Å²) < 4.78 is 5.63. The van der Waals surface area contributed by atoms with E-state index in [0.717, 1.165) is 17.1 Å². The predicted octanol–water partition coefficient (Wildman–Crippen LogP) is 3.10. The van der Waals surface area contributed by atoms with Crippen molar-refractivity contribution < 1.29 is 4.74 Å². The van der Waals surface area contributed by atoms with Gasteiger partial charge in [0.05, 0.1) is 6.61 Å². The molecule has 84 valence electrons. The van der Waals surface area contributed by atoms with E-state index in [1.54, 1.807) is 11.8 Å². The summed E-state index contributed by atoms with van der Waals surface area (Å²) >= 11 is 7.66. The molecule has 0 bridgehead atoms. The standard InChI is InChI=1S/C11H16ClNOS/c1-8(13)10-7-9(12)3-4-11(10)14-5-6-15-2/h3-4,7-8H,5-6,13H2,1-2H3/t8-/m0/s1. The quantitative estimate of drug-likeness (QED) is 0.810. The molecule has 4 heteroatoms. The molecule has 1 rings (SSSR count). The van der Waals surface area contributed by atoms with Gasteiger partial charge in [-0.15, -0.1) is 0 Å². The lowest BCUT2D eigenvalue weighted by atomic mass is 10.1. The molecular weight excluding hydrogens is 230 g/mol. The third-order valence-electron chi connectivity index (χ3n) is 2.01. The molecule has 15 heavy (non-hydrogen) atoms. The Morgan fingerprint density at radius 3 is 2.87 bits per heavy atom. The maximum absolute atomic E-state index is 5.91. The van der Waals surface area contributed by atoms with Gasteiger partial charge in [-0.25, -0.2) is 0 Å². The molecule has 1 aromatic carbocycles. The molecule has 0 radical (unpaired) electrons. The fourth-order valence-corrected chi connectivity index (χ4v) is 1.67. The SMILES string of the molecule is CSCCOc1ccc(Cl)cc1[C@H](C)N. The molecule has 0 fully saturated rings.